The Bertz CT molecular complexity index is 415. The molecular weight excluding hydrogens is 380 g/mol. The molecule has 2 heteroatoms. The largest absolute Gasteiger partial charge is 0.393 e. The Balaban J connectivity index is 0.000000233. The van der Waals surface area contributed by atoms with Gasteiger partial charge in [-0.15, -0.1) is 0 Å². The summed E-state index contributed by atoms with van der Waals surface area (Å²) >= 11 is 0. The van der Waals surface area contributed by atoms with Crippen LogP contribution in [0.25, 0.3) is 0 Å². The van der Waals surface area contributed by atoms with Gasteiger partial charge in [0.15, 0.2) is 0 Å². The molecule has 31 heavy (non-hydrogen) atoms. The first-order valence-corrected chi connectivity index (χ1v) is 13.5. The van der Waals surface area contributed by atoms with E-state index in [4.69, 9.17) is 4.74 Å². The normalized spacial score (nSPS) is 26.9. The molecule has 1 N–H and O–H groups in total. The average Bonchev–Trinajstić information content (AvgIpc) is 2.69. The molecule has 2 nitrogen and oxygen atoms in total. The van der Waals surface area contributed by atoms with Crippen molar-refractivity contribution in [2.75, 3.05) is 13.2 Å². The van der Waals surface area contributed by atoms with E-state index in [2.05, 4.69) is 62.3 Å². The highest BCUT2D eigenvalue weighted by Crippen LogP contribution is 2.38. The van der Waals surface area contributed by atoms with Crippen molar-refractivity contribution >= 4 is 0 Å². The van der Waals surface area contributed by atoms with E-state index in [0.717, 1.165) is 43.8 Å². The van der Waals surface area contributed by atoms with Crippen molar-refractivity contribution in [1.29, 1.82) is 0 Å². The van der Waals surface area contributed by atoms with E-state index in [1.807, 2.05) is 0 Å². The van der Waals surface area contributed by atoms with Crippen molar-refractivity contribution in [2.24, 2.45) is 34.0 Å². The van der Waals surface area contributed by atoms with Crippen LogP contribution in [0, 0.1) is 34.0 Å². The van der Waals surface area contributed by atoms with Gasteiger partial charge in [0.25, 0.3) is 0 Å². The molecule has 3 aliphatic rings. The average molecular weight is 439 g/mol. The van der Waals surface area contributed by atoms with Crippen LogP contribution in [0.2, 0.25) is 0 Å². The second-order valence-electron chi connectivity index (χ2n) is 13.8. The molecule has 1 heterocycles. The molecule has 2 saturated carbocycles. The van der Waals surface area contributed by atoms with Gasteiger partial charge >= 0.3 is 0 Å². The Labute approximate surface area is 196 Å². The van der Waals surface area contributed by atoms with Gasteiger partial charge in [-0.05, 0) is 85.4 Å². The molecule has 0 spiro atoms. The van der Waals surface area contributed by atoms with Gasteiger partial charge in [-0.1, -0.05) is 81.6 Å². The van der Waals surface area contributed by atoms with E-state index in [9.17, 15) is 5.11 Å². The van der Waals surface area contributed by atoms with Gasteiger partial charge in [-0.3, -0.25) is 0 Å². The van der Waals surface area contributed by atoms with Gasteiger partial charge in [0.1, 0.15) is 0 Å². The zero-order valence-corrected chi connectivity index (χ0v) is 22.9. The lowest BCUT2D eigenvalue weighted by Gasteiger charge is -2.35. The van der Waals surface area contributed by atoms with Crippen LogP contribution in [-0.4, -0.2) is 24.4 Å². The minimum atomic E-state index is -0.00593. The summed E-state index contributed by atoms with van der Waals surface area (Å²) in [6, 6.07) is 0. The highest BCUT2D eigenvalue weighted by molar-refractivity contribution is 4.80. The second-order valence-corrected chi connectivity index (χ2v) is 13.8. The first-order chi connectivity index (χ1) is 14.2. The van der Waals surface area contributed by atoms with Crippen molar-refractivity contribution in [3.63, 3.8) is 0 Å². The number of aliphatic hydroxyl groups is 1. The second kappa shape index (κ2) is 13.0. The van der Waals surface area contributed by atoms with E-state index in [1.54, 1.807) is 0 Å². The van der Waals surface area contributed by atoms with Gasteiger partial charge in [-0.25, -0.2) is 0 Å². The van der Waals surface area contributed by atoms with E-state index in [1.165, 1.54) is 57.8 Å². The van der Waals surface area contributed by atoms with E-state index >= 15 is 0 Å². The van der Waals surface area contributed by atoms with Crippen LogP contribution in [0.15, 0.2) is 0 Å². The molecule has 0 bridgehead atoms. The maximum Gasteiger partial charge on any atom is 0.0540 e. The molecule has 1 aliphatic heterocycles. The predicted octanol–water partition coefficient (Wildman–Crippen LogP) is 8.66. The Morgan fingerprint density at radius 3 is 1.16 bits per heavy atom. The molecule has 3 rings (SSSR count). The van der Waals surface area contributed by atoms with Crippen molar-refractivity contribution in [2.45, 2.75) is 139 Å². The van der Waals surface area contributed by atoms with Gasteiger partial charge in [-0.2, -0.15) is 0 Å². The summed E-state index contributed by atoms with van der Waals surface area (Å²) in [5, 5.41) is 9.29. The molecule has 0 aromatic heterocycles. The fourth-order valence-corrected chi connectivity index (χ4v) is 5.47. The molecule has 3 fully saturated rings. The van der Waals surface area contributed by atoms with Crippen molar-refractivity contribution < 1.29 is 9.84 Å². The number of aliphatic hydroxyl groups excluding tert-OH is 1. The lowest BCUT2D eigenvalue weighted by atomic mass is 9.72. The highest BCUT2D eigenvalue weighted by atomic mass is 16.5. The third-order valence-electron chi connectivity index (χ3n) is 8.20. The van der Waals surface area contributed by atoms with Gasteiger partial charge < -0.3 is 9.84 Å². The molecule has 0 radical (unpaired) electrons. The smallest absolute Gasteiger partial charge is 0.0540 e. The summed E-state index contributed by atoms with van der Waals surface area (Å²) in [4.78, 5) is 0. The van der Waals surface area contributed by atoms with Crippen molar-refractivity contribution in [1.82, 2.24) is 0 Å². The molecule has 0 aromatic carbocycles. The lowest BCUT2D eigenvalue weighted by Crippen LogP contribution is -2.27. The zero-order valence-electron chi connectivity index (χ0n) is 22.9. The fraction of sp³-hybridized carbons (Fsp3) is 1.00. The number of rotatable bonds is 0. The Morgan fingerprint density at radius 2 is 0.839 bits per heavy atom. The number of hydrogen-bond acceptors (Lipinski definition) is 2. The standard InChI is InChI=1S/C10H20O.C10H20.C9H18O/c1-10(2,3)8-4-6-9(11)7-5-8;1-10(2,3)9-7-5-4-6-8-9;1-9(2,3)8-4-6-10-7-5-8/h8-9,11H,4-7H2,1-3H3;9H,4-8H2,1-3H3;8H,4-7H2,1-3H3. The van der Waals surface area contributed by atoms with E-state index < -0.39 is 0 Å². The van der Waals surface area contributed by atoms with Crippen LogP contribution in [0.5, 0.6) is 0 Å². The summed E-state index contributed by atoms with van der Waals surface area (Å²) < 4.78 is 5.29. The van der Waals surface area contributed by atoms with Crippen molar-refractivity contribution in [3.8, 4) is 0 Å². The minimum absolute atomic E-state index is 0.00593. The summed E-state index contributed by atoms with van der Waals surface area (Å²) in [7, 11) is 0. The summed E-state index contributed by atoms with van der Waals surface area (Å²) in [5.41, 5.74) is 1.50. The molecule has 0 amide bonds. The first-order valence-electron chi connectivity index (χ1n) is 13.5. The third kappa shape index (κ3) is 12.1. The summed E-state index contributed by atoms with van der Waals surface area (Å²) in [6.07, 6.45) is 14.3. The van der Waals surface area contributed by atoms with E-state index in [0.29, 0.717) is 16.2 Å². The Morgan fingerprint density at radius 1 is 0.484 bits per heavy atom. The van der Waals surface area contributed by atoms with Crippen LogP contribution >= 0.6 is 0 Å². The number of hydrogen-bond donors (Lipinski definition) is 1. The first kappa shape index (κ1) is 29.0. The molecular formula is C29H58O2. The van der Waals surface area contributed by atoms with Crippen molar-refractivity contribution in [3.05, 3.63) is 0 Å². The van der Waals surface area contributed by atoms with Crippen LogP contribution in [0.1, 0.15) is 133 Å². The van der Waals surface area contributed by atoms with Crippen LogP contribution in [0.4, 0.5) is 0 Å². The highest BCUT2D eigenvalue weighted by Gasteiger charge is 2.29. The minimum Gasteiger partial charge on any atom is -0.393 e. The molecule has 0 atom stereocenters. The van der Waals surface area contributed by atoms with Gasteiger partial charge in [0.05, 0.1) is 6.10 Å². The Kier molecular flexibility index (Phi) is 12.1. The predicted molar refractivity (Wildman–Crippen MR) is 136 cm³/mol. The molecule has 0 unspecified atom stereocenters. The maximum atomic E-state index is 9.29. The molecule has 1 saturated heterocycles. The molecule has 2 aliphatic carbocycles. The maximum absolute atomic E-state index is 9.29. The molecule has 0 aromatic rings. The Hall–Kier alpha value is -0.0800. The molecule has 186 valence electrons. The summed E-state index contributed by atoms with van der Waals surface area (Å²) in [5.74, 6) is 2.70. The quantitative estimate of drug-likeness (QED) is 0.410. The van der Waals surface area contributed by atoms with Gasteiger partial charge in [0.2, 0.25) is 0 Å². The van der Waals surface area contributed by atoms with Crippen LogP contribution in [-0.2, 0) is 4.74 Å². The zero-order chi connectivity index (χ0) is 23.7. The van der Waals surface area contributed by atoms with Crippen LogP contribution < -0.4 is 0 Å². The third-order valence-corrected chi connectivity index (χ3v) is 8.20. The summed E-state index contributed by atoms with van der Waals surface area (Å²) in [6.45, 7) is 23.0. The fourth-order valence-electron chi connectivity index (χ4n) is 5.47. The van der Waals surface area contributed by atoms with Gasteiger partial charge in [0, 0.05) is 13.2 Å². The SMILES string of the molecule is CC(C)(C)C1CCC(O)CC1.CC(C)(C)C1CCCCC1.CC(C)(C)C1CCOCC1. The monoisotopic (exact) mass is 438 g/mol. The van der Waals surface area contributed by atoms with Crippen LogP contribution in [0.3, 0.4) is 0 Å². The van der Waals surface area contributed by atoms with E-state index in [-0.39, 0.29) is 6.10 Å². The number of ether oxygens (including phenoxy) is 1. The lowest BCUT2D eigenvalue weighted by molar-refractivity contribution is 0.0286. The topological polar surface area (TPSA) is 29.5 Å².